The number of carbonyl (C=O) groups excluding carboxylic acids is 1. The van der Waals surface area contributed by atoms with Crippen molar-refractivity contribution in [3.8, 4) is 0 Å². The molecule has 2 aromatic heterocycles. The van der Waals surface area contributed by atoms with Crippen molar-refractivity contribution < 1.29 is 4.79 Å². The maximum Gasteiger partial charge on any atom is 0.215 e. The Morgan fingerprint density at radius 3 is 2.65 bits per heavy atom. The molecule has 1 aliphatic heterocycles. The molecule has 1 fully saturated rings. The Morgan fingerprint density at radius 2 is 1.91 bits per heavy atom. The number of nitrogen functional groups attached to an aromatic ring is 1. The first-order valence-corrected chi connectivity index (χ1v) is 8.20. The summed E-state index contributed by atoms with van der Waals surface area (Å²) in [7, 11) is 0. The lowest BCUT2D eigenvalue weighted by atomic mass is 10.1. The van der Waals surface area contributed by atoms with Crippen LogP contribution < -0.4 is 10.6 Å². The number of ketones is 1. The molecule has 23 heavy (non-hydrogen) atoms. The van der Waals surface area contributed by atoms with E-state index in [9.17, 15) is 4.79 Å². The van der Waals surface area contributed by atoms with Crippen molar-refractivity contribution in [1.29, 1.82) is 0 Å². The Hall–Kier alpha value is -2.14. The molecule has 120 valence electrons. The Kier molecular flexibility index (Phi) is 4.76. The highest BCUT2D eigenvalue weighted by atomic mass is 35.5. The Labute approximate surface area is 140 Å². The van der Waals surface area contributed by atoms with Gasteiger partial charge in [-0.15, -0.1) is 0 Å². The minimum atomic E-state index is -0.255. The van der Waals surface area contributed by atoms with Gasteiger partial charge in [0.1, 0.15) is 17.3 Å². The van der Waals surface area contributed by atoms with Crippen molar-refractivity contribution in [3.05, 3.63) is 46.7 Å². The van der Waals surface area contributed by atoms with Crippen LogP contribution in [0.1, 0.15) is 41.7 Å². The van der Waals surface area contributed by atoms with E-state index in [1.54, 1.807) is 6.07 Å². The number of nitrogens with zero attached hydrogens (tertiary/aromatic N) is 3. The van der Waals surface area contributed by atoms with Crippen LogP contribution in [0.15, 0.2) is 30.5 Å². The number of anilines is 2. The fraction of sp³-hybridized carbons (Fsp3) is 0.353. The molecule has 1 aliphatic rings. The van der Waals surface area contributed by atoms with Gasteiger partial charge < -0.3 is 10.6 Å². The highest BCUT2D eigenvalue weighted by molar-refractivity contribution is 6.31. The maximum absolute atomic E-state index is 12.7. The van der Waals surface area contributed by atoms with Crippen LogP contribution in [0.5, 0.6) is 0 Å². The van der Waals surface area contributed by atoms with Crippen molar-refractivity contribution in [2.75, 3.05) is 23.7 Å². The topological polar surface area (TPSA) is 72.1 Å². The number of halogens is 1. The normalized spacial score (nSPS) is 15.3. The van der Waals surface area contributed by atoms with Gasteiger partial charge in [-0.25, -0.2) is 9.97 Å². The van der Waals surface area contributed by atoms with Crippen LogP contribution in [0.2, 0.25) is 5.02 Å². The van der Waals surface area contributed by atoms with Crippen LogP contribution >= 0.6 is 11.6 Å². The van der Waals surface area contributed by atoms with Gasteiger partial charge in [-0.2, -0.15) is 0 Å². The number of nitrogens with two attached hydrogens (primary N) is 1. The Balaban J connectivity index is 1.89. The van der Waals surface area contributed by atoms with Crippen LogP contribution in [0, 0.1) is 0 Å². The van der Waals surface area contributed by atoms with Gasteiger partial charge in [0.05, 0.1) is 10.6 Å². The van der Waals surface area contributed by atoms with Crippen LogP contribution in [0.4, 0.5) is 11.6 Å². The lowest BCUT2D eigenvalue weighted by Gasteiger charge is -2.21. The molecule has 0 bridgehead atoms. The second-order valence-electron chi connectivity index (χ2n) is 5.70. The lowest BCUT2D eigenvalue weighted by molar-refractivity contribution is 0.103. The average molecular weight is 331 g/mol. The first kappa shape index (κ1) is 15.7. The highest BCUT2D eigenvalue weighted by Crippen LogP contribution is 2.21. The molecule has 0 radical (unpaired) electrons. The molecule has 3 rings (SSSR count). The smallest absolute Gasteiger partial charge is 0.215 e. The monoisotopic (exact) mass is 330 g/mol. The summed E-state index contributed by atoms with van der Waals surface area (Å²) in [6, 6.07) is 7.03. The van der Waals surface area contributed by atoms with Gasteiger partial charge in [-0.3, -0.25) is 4.79 Å². The number of carbonyl (C=O) groups is 1. The van der Waals surface area contributed by atoms with Crippen molar-refractivity contribution in [1.82, 2.24) is 9.97 Å². The van der Waals surface area contributed by atoms with Crippen LogP contribution in [-0.4, -0.2) is 28.8 Å². The Morgan fingerprint density at radius 1 is 1.17 bits per heavy atom. The summed E-state index contributed by atoms with van der Waals surface area (Å²) in [6.45, 7) is 1.96. The predicted molar refractivity (Wildman–Crippen MR) is 92.0 cm³/mol. The third kappa shape index (κ3) is 3.62. The number of hydrogen-bond acceptors (Lipinski definition) is 5. The summed E-state index contributed by atoms with van der Waals surface area (Å²) in [6.07, 6.45) is 6.24. The number of aromatic nitrogens is 2. The van der Waals surface area contributed by atoms with Crippen molar-refractivity contribution in [2.24, 2.45) is 0 Å². The molecule has 0 atom stereocenters. The molecule has 0 spiro atoms. The summed E-state index contributed by atoms with van der Waals surface area (Å²) >= 11 is 5.92. The average Bonchev–Trinajstić information content (AvgIpc) is 2.86. The molecular weight excluding hydrogens is 312 g/mol. The predicted octanol–water partition coefficient (Wildman–Crippen LogP) is 3.32. The van der Waals surface area contributed by atoms with Crippen molar-refractivity contribution in [2.45, 2.75) is 25.7 Å². The minimum Gasteiger partial charge on any atom is -0.383 e. The quantitative estimate of drug-likeness (QED) is 0.874. The maximum atomic E-state index is 12.7. The first-order valence-electron chi connectivity index (χ1n) is 7.83. The second kappa shape index (κ2) is 6.96. The van der Waals surface area contributed by atoms with Gasteiger partial charge in [0.2, 0.25) is 5.78 Å². The number of hydrogen-bond donors (Lipinski definition) is 1. The molecule has 0 saturated carbocycles. The van der Waals surface area contributed by atoms with Crippen LogP contribution in [0.3, 0.4) is 0 Å². The third-order valence-electron chi connectivity index (χ3n) is 4.03. The zero-order valence-electron chi connectivity index (χ0n) is 12.8. The minimum absolute atomic E-state index is 0.168. The van der Waals surface area contributed by atoms with Gasteiger partial charge in [0, 0.05) is 19.3 Å². The van der Waals surface area contributed by atoms with E-state index in [4.69, 9.17) is 17.3 Å². The zero-order chi connectivity index (χ0) is 16.2. The molecule has 0 unspecified atom stereocenters. The molecular formula is C17H19ClN4O. The molecule has 5 nitrogen and oxygen atoms in total. The summed E-state index contributed by atoms with van der Waals surface area (Å²) < 4.78 is 0. The SMILES string of the molecule is Nc1ncc(Cl)cc1C(=O)c1cccc(N2CCCCCC2)n1. The van der Waals surface area contributed by atoms with E-state index in [1.807, 2.05) is 12.1 Å². The third-order valence-corrected chi connectivity index (χ3v) is 4.23. The molecule has 2 N–H and O–H groups in total. The lowest BCUT2D eigenvalue weighted by Crippen LogP contribution is -2.25. The van der Waals surface area contributed by atoms with E-state index in [0.29, 0.717) is 10.7 Å². The largest absolute Gasteiger partial charge is 0.383 e. The van der Waals surface area contributed by atoms with E-state index in [0.717, 1.165) is 31.7 Å². The van der Waals surface area contributed by atoms with E-state index >= 15 is 0 Å². The molecule has 2 aromatic rings. The first-order chi connectivity index (χ1) is 11.1. The summed E-state index contributed by atoms with van der Waals surface area (Å²) in [5, 5.41) is 0.381. The molecule has 1 saturated heterocycles. The summed E-state index contributed by atoms with van der Waals surface area (Å²) in [5.41, 5.74) is 6.45. The fourth-order valence-corrected chi connectivity index (χ4v) is 2.95. The highest BCUT2D eigenvalue weighted by Gasteiger charge is 2.18. The van der Waals surface area contributed by atoms with Crippen molar-refractivity contribution in [3.63, 3.8) is 0 Å². The molecule has 6 heteroatoms. The summed E-state index contributed by atoms with van der Waals surface area (Å²) in [5.74, 6) is 0.752. The van der Waals surface area contributed by atoms with Crippen LogP contribution in [0.25, 0.3) is 0 Å². The van der Waals surface area contributed by atoms with E-state index < -0.39 is 0 Å². The molecule has 0 amide bonds. The second-order valence-corrected chi connectivity index (χ2v) is 6.13. The summed E-state index contributed by atoms with van der Waals surface area (Å²) in [4.78, 5) is 23.4. The molecule has 0 aromatic carbocycles. The van der Waals surface area contributed by atoms with Crippen LogP contribution in [-0.2, 0) is 0 Å². The van der Waals surface area contributed by atoms with Gasteiger partial charge in [0.15, 0.2) is 0 Å². The van der Waals surface area contributed by atoms with E-state index in [2.05, 4.69) is 14.9 Å². The van der Waals surface area contributed by atoms with E-state index in [-0.39, 0.29) is 17.2 Å². The van der Waals surface area contributed by atoms with Crippen molar-refractivity contribution >= 4 is 29.0 Å². The number of rotatable bonds is 3. The van der Waals surface area contributed by atoms with Gasteiger partial charge >= 0.3 is 0 Å². The Bertz CT molecular complexity index is 711. The fourth-order valence-electron chi connectivity index (χ4n) is 2.80. The molecule has 3 heterocycles. The van der Waals surface area contributed by atoms with Gasteiger partial charge in [-0.1, -0.05) is 30.5 Å². The van der Waals surface area contributed by atoms with E-state index in [1.165, 1.54) is 25.1 Å². The molecule has 0 aliphatic carbocycles. The standard InChI is InChI=1S/C17H19ClN4O/c18-12-10-13(17(19)20-11-12)16(23)14-6-5-7-15(21-14)22-8-3-1-2-4-9-22/h5-7,10-11H,1-4,8-9H2,(H2,19,20). The van der Waals surface area contributed by atoms with Gasteiger partial charge in [-0.05, 0) is 31.0 Å². The van der Waals surface area contributed by atoms with Gasteiger partial charge in [0.25, 0.3) is 0 Å². The zero-order valence-corrected chi connectivity index (χ0v) is 13.6. The number of pyridine rings is 2.